The Bertz CT molecular complexity index is 1010. The predicted molar refractivity (Wildman–Crippen MR) is 115 cm³/mol. The molecule has 29 heavy (non-hydrogen) atoms. The molecule has 0 atom stereocenters. The summed E-state index contributed by atoms with van der Waals surface area (Å²) in [4.78, 5) is 12.1. The maximum absolute atomic E-state index is 13.7. The zero-order valence-corrected chi connectivity index (χ0v) is 16.2. The van der Waals surface area contributed by atoms with E-state index < -0.39 is 11.7 Å². The van der Waals surface area contributed by atoms with Crippen molar-refractivity contribution in [1.29, 1.82) is 0 Å². The van der Waals surface area contributed by atoms with Gasteiger partial charge in [0.05, 0.1) is 5.56 Å². The highest BCUT2D eigenvalue weighted by atomic mass is 32.1. The normalized spacial score (nSPS) is 10.3. The molecule has 1 amide bonds. The SMILES string of the molecule is O=C(Nc1ccc(NC(=S)NCCc2ccccc2F)cc1)c1ccccc1F. The molecule has 0 heterocycles. The van der Waals surface area contributed by atoms with Crippen molar-refractivity contribution in [3.05, 3.63) is 95.6 Å². The number of carbonyl (C=O) groups excluding carboxylic acids is 1. The summed E-state index contributed by atoms with van der Waals surface area (Å²) in [6, 6.07) is 19.2. The van der Waals surface area contributed by atoms with E-state index in [1.165, 1.54) is 24.3 Å². The quantitative estimate of drug-likeness (QED) is 0.513. The van der Waals surface area contributed by atoms with Crippen LogP contribution in [0.2, 0.25) is 0 Å². The van der Waals surface area contributed by atoms with Crippen LogP contribution >= 0.6 is 12.2 Å². The third-order valence-electron chi connectivity index (χ3n) is 4.16. The van der Waals surface area contributed by atoms with E-state index in [2.05, 4.69) is 16.0 Å². The van der Waals surface area contributed by atoms with E-state index in [1.807, 2.05) is 0 Å². The van der Waals surface area contributed by atoms with Crippen molar-refractivity contribution < 1.29 is 13.6 Å². The van der Waals surface area contributed by atoms with Gasteiger partial charge in [0.15, 0.2) is 5.11 Å². The summed E-state index contributed by atoms with van der Waals surface area (Å²) in [5.74, 6) is -1.33. The molecule has 0 aliphatic carbocycles. The van der Waals surface area contributed by atoms with Crippen LogP contribution in [0.4, 0.5) is 20.2 Å². The van der Waals surface area contributed by atoms with Crippen molar-refractivity contribution in [1.82, 2.24) is 5.32 Å². The molecule has 0 bridgehead atoms. The number of hydrogen-bond donors (Lipinski definition) is 3. The second kappa shape index (κ2) is 9.75. The molecule has 148 valence electrons. The minimum absolute atomic E-state index is 0.0186. The third-order valence-corrected chi connectivity index (χ3v) is 4.40. The number of hydrogen-bond acceptors (Lipinski definition) is 2. The van der Waals surface area contributed by atoms with Crippen LogP contribution in [0.3, 0.4) is 0 Å². The van der Waals surface area contributed by atoms with Gasteiger partial charge in [-0.3, -0.25) is 4.79 Å². The maximum Gasteiger partial charge on any atom is 0.258 e. The van der Waals surface area contributed by atoms with E-state index in [9.17, 15) is 13.6 Å². The van der Waals surface area contributed by atoms with Crippen LogP contribution in [0.25, 0.3) is 0 Å². The standard InChI is InChI=1S/C22H19F2N3OS/c23-19-7-3-1-5-15(19)13-14-25-22(29)27-17-11-9-16(10-12-17)26-21(28)18-6-2-4-8-20(18)24/h1-12H,13-14H2,(H,26,28)(H2,25,27,29). The number of anilines is 2. The van der Waals surface area contributed by atoms with E-state index >= 15 is 0 Å². The first-order chi connectivity index (χ1) is 14.0. The molecule has 3 rings (SSSR count). The molecule has 0 aliphatic heterocycles. The Kier molecular flexibility index (Phi) is 6.86. The smallest absolute Gasteiger partial charge is 0.258 e. The van der Waals surface area contributed by atoms with Crippen LogP contribution in [0.1, 0.15) is 15.9 Å². The number of thiocarbonyl (C=S) groups is 1. The largest absolute Gasteiger partial charge is 0.362 e. The van der Waals surface area contributed by atoms with Gasteiger partial charge in [0.25, 0.3) is 5.91 Å². The minimum atomic E-state index is -0.574. The van der Waals surface area contributed by atoms with Gasteiger partial charge in [-0.2, -0.15) is 0 Å². The lowest BCUT2D eigenvalue weighted by Gasteiger charge is -2.12. The molecular formula is C22H19F2N3OS. The summed E-state index contributed by atoms with van der Waals surface area (Å²) >= 11 is 5.24. The zero-order valence-electron chi connectivity index (χ0n) is 15.4. The van der Waals surface area contributed by atoms with Crippen LogP contribution in [-0.2, 0) is 6.42 Å². The van der Waals surface area contributed by atoms with E-state index in [0.29, 0.717) is 29.3 Å². The first kappa shape index (κ1) is 20.4. The van der Waals surface area contributed by atoms with Gasteiger partial charge in [-0.1, -0.05) is 30.3 Å². The number of halogens is 2. The van der Waals surface area contributed by atoms with Crippen molar-refractivity contribution in [2.75, 3.05) is 17.2 Å². The van der Waals surface area contributed by atoms with Crippen molar-refractivity contribution in [2.45, 2.75) is 6.42 Å². The molecule has 0 unspecified atom stereocenters. The highest BCUT2D eigenvalue weighted by Gasteiger charge is 2.10. The van der Waals surface area contributed by atoms with E-state index in [0.717, 1.165) is 5.69 Å². The Morgan fingerprint density at radius 3 is 2.03 bits per heavy atom. The van der Waals surface area contributed by atoms with E-state index in [1.54, 1.807) is 48.5 Å². The van der Waals surface area contributed by atoms with Crippen molar-refractivity contribution >= 4 is 34.6 Å². The van der Waals surface area contributed by atoms with Gasteiger partial charge in [0.1, 0.15) is 11.6 Å². The van der Waals surface area contributed by atoms with Crippen molar-refractivity contribution in [2.24, 2.45) is 0 Å². The lowest BCUT2D eigenvalue weighted by molar-refractivity contribution is 0.102. The van der Waals surface area contributed by atoms with Gasteiger partial charge >= 0.3 is 0 Å². The summed E-state index contributed by atoms with van der Waals surface area (Å²) in [5.41, 5.74) is 1.85. The summed E-state index contributed by atoms with van der Waals surface area (Å²) in [6.45, 7) is 0.490. The van der Waals surface area contributed by atoms with E-state index in [-0.39, 0.29) is 11.4 Å². The Labute approximate surface area is 173 Å². The fourth-order valence-corrected chi connectivity index (χ4v) is 2.89. The first-order valence-corrected chi connectivity index (χ1v) is 9.38. The molecule has 0 saturated carbocycles. The van der Waals surface area contributed by atoms with Gasteiger partial charge in [-0.15, -0.1) is 0 Å². The maximum atomic E-state index is 13.7. The van der Waals surface area contributed by atoms with Gasteiger partial charge in [-0.25, -0.2) is 8.78 Å². The van der Waals surface area contributed by atoms with Crippen LogP contribution in [0.15, 0.2) is 72.8 Å². The van der Waals surface area contributed by atoms with Crippen LogP contribution < -0.4 is 16.0 Å². The van der Waals surface area contributed by atoms with Gasteiger partial charge < -0.3 is 16.0 Å². The number of nitrogens with one attached hydrogen (secondary N) is 3. The molecule has 0 radical (unpaired) electrons. The molecule has 0 saturated heterocycles. The molecular weight excluding hydrogens is 392 g/mol. The number of carbonyl (C=O) groups is 1. The molecule has 3 aromatic rings. The second-order valence-corrected chi connectivity index (χ2v) is 6.64. The average molecular weight is 411 g/mol. The summed E-state index contributed by atoms with van der Waals surface area (Å²) in [5, 5.41) is 9.10. The van der Waals surface area contributed by atoms with Crippen molar-refractivity contribution in [3.63, 3.8) is 0 Å². The van der Waals surface area contributed by atoms with Crippen molar-refractivity contribution in [3.8, 4) is 0 Å². The summed E-state index contributed by atoms with van der Waals surface area (Å²) in [6.07, 6.45) is 0.509. The monoisotopic (exact) mass is 411 g/mol. The van der Waals surface area contributed by atoms with Gasteiger partial charge in [0.2, 0.25) is 0 Å². The molecule has 0 fully saturated rings. The molecule has 0 aliphatic rings. The van der Waals surface area contributed by atoms with Crippen LogP contribution in [0.5, 0.6) is 0 Å². The fourth-order valence-electron chi connectivity index (χ4n) is 2.67. The lowest BCUT2D eigenvalue weighted by Crippen LogP contribution is -2.30. The molecule has 0 spiro atoms. The molecule has 3 aromatic carbocycles. The predicted octanol–water partition coefficient (Wildman–Crippen LogP) is 4.75. The molecule has 3 N–H and O–H groups in total. The molecule has 7 heteroatoms. The fraction of sp³-hybridized carbons (Fsp3) is 0.0909. The van der Waals surface area contributed by atoms with Crippen LogP contribution in [-0.4, -0.2) is 17.6 Å². The highest BCUT2D eigenvalue weighted by molar-refractivity contribution is 7.80. The third kappa shape index (κ3) is 5.83. The molecule has 4 nitrogen and oxygen atoms in total. The summed E-state index contributed by atoms with van der Waals surface area (Å²) < 4.78 is 27.3. The van der Waals surface area contributed by atoms with E-state index in [4.69, 9.17) is 12.2 Å². The Morgan fingerprint density at radius 1 is 0.793 bits per heavy atom. The van der Waals surface area contributed by atoms with Gasteiger partial charge in [0, 0.05) is 17.9 Å². The van der Waals surface area contributed by atoms with Crippen LogP contribution in [0, 0.1) is 11.6 Å². The number of rotatable bonds is 6. The lowest BCUT2D eigenvalue weighted by atomic mass is 10.1. The van der Waals surface area contributed by atoms with Gasteiger partial charge in [-0.05, 0) is 66.7 Å². The minimum Gasteiger partial charge on any atom is -0.362 e. The Hall–Kier alpha value is -3.32. The zero-order chi connectivity index (χ0) is 20.6. The highest BCUT2D eigenvalue weighted by Crippen LogP contribution is 2.16. The Balaban J connectivity index is 1.48. The molecule has 0 aromatic heterocycles. The second-order valence-electron chi connectivity index (χ2n) is 6.23. The summed E-state index contributed by atoms with van der Waals surface area (Å²) in [7, 11) is 0. The topological polar surface area (TPSA) is 53.2 Å². The first-order valence-electron chi connectivity index (χ1n) is 8.97. The Morgan fingerprint density at radius 2 is 1.38 bits per heavy atom. The number of amides is 1. The average Bonchev–Trinajstić information content (AvgIpc) is 2.71. The number of benzene rings is 3.